The van der Waals surface area contributed by atoms with E-state index in [1.165, 1.54) is 19.1 Å². The van der Waals surface area contributed by atoms with Crippen molar-refractivity contribution in [3.8, 4) is 5.75 Å². The summed E-state index contributed by atoms with van der Waals surface area (Å²) >= 11 is 0. The molecule has 6 unspecified atom stereocenters. The van der Waals surface area contributed by atoms with Crippen LogP contribution >= 0.6 is 0 Å². The summed E-state index contributed by atoms with van der Waals surface area (Å²) in [6, 6.07) is 1.04. The number of benzene rings is 1. The maximum Gasteiger partial charge on any atom is 0.326 e. The average molecular weight is 552 g/mol. The Morgan fingerprint density at radius 1 is 0.949 bits per heavy atom. The number of nitrogens with one attached hydrogen (secondary N) is 3. The van der Waals surface area contributed by atoms with Gasteiger partial charge in [-0.05, 0) is 43.4 Å². The van der Waals surface area contributed by atoms with Crippen LogP contribution in [0.4, 0.5) is 0 Å². The summed E-state index contributed by atoms with van der Waals surface area (Å²) in [5, 5.41) is 36.4. The molecule has 0 aliphatic carbocycles. The van der Waals surface area contributed by atoms with Crippen molar-refractivity contribution in [2.75, 3.05) is 6.54 Å². The van der Waals surface area contributed by atoms with Crippen LogP contribution in [0, 0.1) is 5.92 Å². The third-order valence-electron chi connectivity index (χ3n) is 6.19. The number of rotatable bonds is 16. The molecule has 0 aliphatic rings. The van der Waals surface area contributed by atoms with Gasteiger partial charge in [0.05, 0.1) is 6.10 Å². The van der Waals surface area contributed by atoms with Gasteiger partial charge in [-0.15, -0.1) is 0 Å². The second kappa shape index (κ2) is 16.1. The molecule has 0 aromatic heterocycles. The van der Waals surface area contributed by atoms with Gasteiger partial charge in [-0.1, -0.05) is 32.4 Å². The first-order valence-electron chi connectivity index (χ1n) is 12.7. The third kappa shape index (κ3) is 11.6. The van der Waals surface area contributed by atoms with Gasteiger partial charge in [0.25, 0.3) is 0 Å². The standard InChI is InChI=1S/C25H41N7O7/c1-4-13(2)20(24(38)39)32-22(36)18(12-15-7-9-16(34)10-8-15)31-21(35)17(6-5-11-29-25(27)28)30-23(37)19(26)14(3)33/h7-10,13-14,17-20,33-34H,4-6,11-12,26H2,1-3H3,(H,30,37)(H,31,35)(H,32,36)(H,38,39)(H4,27,28,29). The van der Waals surface area contributed by atoms with E-state index in [9.17, 15) is 34.5 Å². The smallest absolute Gasteiger partial charge is 0.326 e. The van der Waals surface area contributed by atoms with Crippen molar-refractivity contribution in [3.63, 3.8) is 0 Å². The predicted molar refractivity (Wildman–Crippen MR) is 144 cm³/mol. The lowest BCUT2D eigenvalue weighted by Crippen LogP contribution is -2.59. The number of aliphatic imine (C=N–C) groups is 1. The fraction of sp³-hybridized carbons (Fsp3) is 0.560. The van der Waals surface area contributed by atoms with Gasteiger partial charge in [-0.2, -0.15) is 0 Å². The molecule has 14 heteroatoms. The summed E-state index contributed by atoms with van der Waals surface area (Å²) in [4.78, 5) is 54.7. The van der Waals surface area contributed by atoms with Crippen molar-refractivity contribution < 1.29 is 34.5 Å². The molecule has 0 bridgehead atoms. The number of nitrogens with zero attached hydrogens (tertiary/aromatic N) is 1. The van der Waals surface area contributed by atoms with Gasteiger partial charge in [-0.3, -0.25) is 19.4 Å². The second-order valence-electron chi connectivity index (χ2n) is 9.42. The number of carboxylic acids is 1. The van der Waals surface area contributed by atoms with E-state index in [0.29, 0.717) is 12.0 Å². The number of carbonyl (C=O) groups excluding carboxylic acids is 3. The van der Waals surface area contributed by atoms with Gasteiger partial charge in [0.15, 0.2) is 5.96 Å². The van der Waals surface area contributed by atoms with Crippen LogP contribution in [0.2, 0.25) is 0 Å². The number of carbonyl (C=O) groups is 4. The summed E-state index contributed by atoms with van der Waals surface area (Å²) in [5.74, 6) is -4.00. The highest BCUT2D eigenvalue weighted by molar-refractivity contribution is 5.94. The van der Waals surface area contributed by atoms with Crippen molar-refractivity contribution in [2.24, 2.45) is 28.1 Å². The van der Waals surface area contributed by atoms with Crippen LogP contribution in [0.1, 0.15) is 45.6 Å². The summed E-state index contributed by atoms with van der Waals surface area (Å²) in [6.45, 7) is 4.96. The maximum absolute atomic E-state index is 13.3. The quantitative estimate of drug-likeness (QED) is 0.0638. The number of guanidine groups is 1. The lowest BCUT2D eigenvalue weighted by Gasteiger charge is -2.27. The summed E-state index contributed by atoms with van der Waals surface area (Å²) in [5.41, 5.74) is 16.9. The zero-order chi connectivity index (χ0) is 29.7. The molecule has 0 aliphatic heterocycles. The number of nitrogens with two attached hydrogens (primary N) is 3. The van der Waals surface area contributed by atoms with Gasteiger partial charge in [0.2, 0.25) is 17.7 Å². The van der Waals surface area contributed by atoms with Gasteiger partial charge < -0.3 is 48.5 Å². The fourth-order valence-electron chi connectivity index (χ4n) is 3.55. The van der Waals surface area contributed by atoms with E-state index in [1.54, 1.807) is 26.0 Å². The van der Waals surface area contributed by atoms with Gasteiger partial charge in [0.1, 0.15) is 29.9 Å². The zero-order valence-corrected chi connectivity index (χ0v) is 22.5. The largest absolute Gasteiger partial charge is 0.508 e. The monoisotopic (exact) mass is 551 g/mol. The first kappa shape index (κ1) is 33.1. The number of hydrogen-bond donors (Lipinski definition) is 9. The SMILES string of the molecule is CCC(C)C(NC(=O)C(Cc1ccc(O)cc1)NC(=O)C(CCCN=C(N)N)NC(=O)C(N)C(C)O)C(=O)O. The highest BCUT2D eigenvalue weighted by Crippen LogP contribution is 2.13. The molecular weight excluding hydrogens is 510 g/mol. The van der Waals surface area contributed by atoms with Crippen LogP contribution in [0.3, 0.4) is 0 Å². The summed E-state index contributed by atoms with van der Waals surface area (Å²) < 4.78 is 0. The van der Waals surface area contributed by atoms with E-state index >= 15 is 0 Å². The number of carboxylic acid groups (broad SMARTS) is 1. The van der Waals surface area contributed by atoms with E-state index in [0.717, 1.165) is 0 Å². The summed E-state index contributed by atoms with van der Waals surface area (Å²) in [6.07, 6.45) is -0.382. The van der Waals surface area contributed by atoms with E-state index in [4.69, 9.17) is 17.2 Å². The lowest BCUT2D eigenvalue weighted by atomic mass is 9.98. The van der Waals surface area contributed by atoms with Crippen molar-refractivity contribution in [1.82, 2.24) is 16.0 Å². The number of phenolic OH excluding ortho intramolecular Hbond substituents is 1. The Morgan fingerprint density at radius 2 is 1.51 bits per heavy atom. The van der Waals surface area contributed by atoms with Crippen LogP contribution in [0.5, 0.6) is 5.75 Å². The number of aromatic hydroxyl groups is 1. The lowest BCUT2D eigenvalue weighted by molar-refractivity contribution is -0.143. The molecule has 0 heterocycles. The molecule has 6 atom stereocenters. The molecular formula is C25H41N7O7. The Labute approximate surface area is 227 Å². The second-order valence-corrected chi connectivity index (χ2v) is 9.42. The van der Waals surface area contributed by atoms with E-state index in [2.05, 4.69) is 20.9 Å². The minimum atomic E-state index is -1.30. The minimum Gasteiger partial charge on any atom is -0.508 e. The third-order valence-corrected chi connectivity index (χ3v) is 6.19. The van der Waals surface area contributed by atoms with Crippen molar-refractivity contribution in [2.45, 2.75) is 76.7 Å². The van der Waals surface area contributed by atoms with E-state index in [1.807, 2.05) is 0 Å². The van der Waals surface area contributed by atoms with Crippen LogP contribution in [-0.4, -0.2) is 81.8 Å². The number of phenols is 1. The molecule has 14 nitrogen and oxygen atoms in total. The normalized spacial score (nSPS) is 15.5. The molecule has 12 N–H and O–H groups in total. The molecule has 0 radical (unpaired) electrons. The Balaban J connectivity index is 3.22. The Kier molecular flexibility index (Phi) is 13.7. The number of aliphatic hydroxyl groups is 1. The predicted octanol–water partition coefficient (Wildman–Crippen LogP) is -1.72. The molecule has 1 rings (SSSR count). The van der Waals surface area contributed by atoms with Crippen molar-refractivity contribution in [1.29, 1.82) is 0 Å². The van der Waals surface area contributed by atoms with E-state index < -0.39 is 54.0 Å². The molecule has 0 saturated carbocycles. The average Bonchev–Trinajstić information content (AvgIpc) is 2.88. The van der Waals surface area contributed by atoms with Gasteiger partial charge in [-0.25, -0.2) is 4.79 Å². The molecule has 3 amide bonds. The highest BCUT2D eigenvalue weighted by Gasteiger charge is 2.32. The molecule has 0 fully saturated rings. The molecule has 218 valence electrons. The molecule has 1 aromatic rings. The molecule has 1 aromatic carbocycles. The topological polar surface area (TPSA) is 255 Å². The van der Waals surface area contributed by atoms with Crippen LogP contribution in [0.25, 0.3) is 0 Å². The number of aliphatic hydroxyl groups excluding tert-OH is 1. The van der Waals surface area contributed by atoms with Crippen molar-refractivity contribution >= 4 is 29.7 Å². The number of aliphatic carboxylic acids is 1. The number of amides is 3. The van der Waals surface area contributed by atoms with Gasteiger partial charge in [0, 0.05) is 13.0 Å². The Morgan fingerprint density at radius 3 is 2.03 bits per heavy atom. The molecule has 0 saturated heterocycles. The van der Waals surface area contributed by atoms with Crippen LogP contribution < -0.4 is 33.2 Å². The first-order chi connectivity index (χ1) is 18.3. The fourth-order valence-corrected chi connectivity index (χ4v) is 3.55. The van der Waals surface area contributed by atoms with Crippen LogP contribution in [-0.2, 0) is 25.6 Å². The Hall–Kier alpha value is -3.91. The molecule has 0 spiro atoms. The molecule has 39 heavy (non-hydrogen) atoms. The summed E-state index contributed by atoms with van der Waals surface area (Å²) in [7, 11) is 0. The van der Waals surface area contributed by atoms with Crippen LogP contribution in [0.15, 0.2) is 29.3 Å². The highest BCUT2D eigenvalue weighted by atomic mass is 16.4. The maximum atomic E-state index is 13.3. The van der Waals surface area contributed by atoms with Gasteiger partial charge >= 0.3 is 5.97 Å². The van der Waals surface area contributed by atoms with Crippen molar-refractivity contribution in [3.05, 3.63) is 29.8 Å². The first-order valence-corrected chi connectivity index (χ1v) is 12.7. The van der Waals surface area contributed by atoms with E-state index in [-0.39, 0.29) is 43.4 Å². The zero-order valence-electron chi connectivity index (χ0n) is 22.5. The minimum absolute atomic E-state index is 0.00417. The number of hydrogen-bond acceptors (Lipinski definition) is 8. The Bertz CT molecular complexity index is 997.